The largest absolute Gasteiger partial charge is 0.393 e. The third kappa shape index (κ3) is 5.20. The van der Waals surface area contributed by atoms with E-state index in [4.69, 9.17) is 12.2 Å². The minimum Gasteiger partial charge on any atom is -0.393 e. The molecule has 6 heteroatoms. The van der Waals surface area contributed by atoms with Gasteiger partial charge in [-0.05, 0) is 50.7 Å². The number of aromatic nitrogens is 1. The van der Waals surface area contributed by atoms with Crippen LogP contribution in [0.25, 0.3) is 0 Å². The van der Waals surface area contributed by atoms with E-state index in [2.05, 4.69) is 10.3 Å². The molecule has 118 valence electrons. The summed E-state index contributed by atoms with van der Waals surface area (Å²) in [5.74, 6) is 0.472. The Balaban J connectivity index is 1.65. The Kier molecular flexibility index (Phi) is 6.39. The highest BCUT2D eigenvalue weighted by atomic mass is 32.1. The quantitative estimate of drug-likeness (QED) is 0.555. The van der Waals surface area contributed by atoms with Gasteiger partial charge in [0.2, 0.25) is 5.91 Å². The third-order valence-corrected chi connectivity index (χ3v) is 5.52. The number of H-pyrrole nitrogens is 1. The standard InChI is InChI=1S/C15H24N2O2S2/c1-10-13(21-15(20)17-10)9-14(19)16-8-4-6-11-5-2-3-7-12(11)18/h11-12,18H,2-9H2,1H3,(H,16,19)(H,17,20)/t11-,12+/m1/s1. The van der Waals surface area contributed by atoms with Gasteiger partial charge in [0.15, 0.2) is 3.95 Å². The van der Waals surface area contributed by atoms with Crippen molar-refractivity contribution in [1.29, 1.82) is 0 Å². The van der Waals surface area contributed by atoms with Crippen LogP contribution in [0.4, 0.5) is 0 Å². The Hall–Kier alpha value is -0.720. The molecule has 0 aliphatic heterocycles. The fourth-order valence-electron chi connectivity index (χ4n) is 2.93. The molecule has 1 fully saturated rings. The maximum absolute atomic E-state index is 11.9. The predicted molar refractivity (Wildman–Crippen MR) is 88.2 cm³/mol. The molecule has 1 aromatic rings. The average molecular weight is 329 g/mol. The van der Waals surface area contributed by atoms with Gasteiger partial charge in [-0.1, -0.05) is 12.8 Å². The fraction of sp³-hybridized carbons (Fsp3) is 0.733. The molecular formula is C15H24N2O2S2. The van der Waals surface area contributed by atoms with Crippen molar-refractivity contribution in [2.24, 2.45) is 5.92 Å². The number of aliphatic hydroxyl groups excluding tert-OH is 1. The van der Waals surface area contributed by atoms with Gasteiger partial charge in [0.25, 0.3) is 0 Å². The Labute approximate surface area is 135 Å². The van der Waals surface area contributed by atoms with Crippen molar-refractivity contribution in [2.75, 3.05) is 6.54 Å². The molecule has 0 bridgehead atoms. The Morgan fingerprint density at radius 1 is 1.48 bits per heavy atom. The van der Waals surface area contributed by atoms with Crippen LogP contribution in [0.1, 0.15) is 49.1 Å². The van der Waals surface area contributed by atoms with Crippen LogP contribution in [-0.4, -0.2) is 28.6 Å². The van der Waals surface area contributed by atoms with Gasteiger partial charge in [-0.3, -0.25) is 4.79 Å². The fourth-order valence-corrected chi connectivity index (χ4v) is 4.22. The number of aromatic amines is 1. The first-order chi connectivity index (χ1) is 10.1. The van der Waals surface area contributed by atoms with Crippen LogP contribution in [-0.2, 0) is 11.2 Å². The van der Waals surface area contributed by atoms with E-state index in [0.717, 1.165) is 46.6 Å². The number of aryl methyl sites for hydroxylation is 1. The number of hydrogen-bond donors (Lipinski definition) is 3. The second kappa shape index (κ2) is 8.06. The molecule has 2 rings (SSSR count). The number of carbonyl (C=O) groups excluding carboxylic acids is 1. The summed E-state index contributed by atoms with van der Waals surface area (Å²) in [6.07, 6.45) is 6.65. The average Bonchev–Trinajstić information content (AvgIpc) is 2.75. The highest BCUT2D eigenvalue weighted by Gasteiger charge is 2.22. The molecule has 1 aliphatic carbocycles. The Morgan fingerprint density at radius 3 is 2.90 bits per heavy atom. The van der Waals surface area contributed by atoms with Gasteiger partial charge in [0.1, 0.15) is 0 Å². The van der Waals surface area contributed by atoms with Crippen molar-refractivity contribution >= 4 is 29.5 Å². The monoisotopic (exact) mass is 328 g/mol. The summed E-state index contributed by atoms with van der Waals surface area (Å²) >= 11 is 6.54. The molecule has 1 saturated carbocycles. The molecule has 3 N–H and O–H groups in total. The van der Waals surface area contributed by atoms with Crippen LogP contribution in [0.2, 0.25) is 0 Å². The molecule has 4 nitrogen and oxygen atoms in total. The summed E-state index contributed by atoms with van der Waals surface area (Å²) in [4.78, 5) is 16.0. The maximum atomic E-state index is 11.9. The van der Waals surface area contributed by atoms with Crippen molar-refractivity contribution < 1.29 is 9.90 Å². The van der Waals surface area contributed by atoms with Crippen LogP contribution in [0.5, 0.6) is 0 Å². The van der Waals surface area contributed by atoms with Gasteiger partial charge in [0.05, 0.1) is 12.5 Å². The molecule has 1 amide bonds. The van der Waals surface area contributed by atoms with Crippen LogP contribution in [0.3, 0.4) is 0 Å². The van der Waals surface area contributed by atoms with Gasteiger partial charge in [-0.25, -0.2) is 0 Å². The van der Waals surface area contributed by atoms with E-state index < -0.39 is 0 Å². The molecule has 0 aromatic carbocycles. The lowest BCUT2D eigenvalue weighted by atomic mass is 9.83. The lowest BCUT2D eigenvalue weighted by Gasteiger charge is -2.27. The SMILES string of the molecule is Cc1[nH]c(=S)sc1CC(=O)NCCC[C@H]1CCCC[C@@H]1O. The van der Waals surface area contributed by atoms with E-state index in [1.54, 1.807) is 0 Å². The number of thiazole rings is 1. The lowest BCUT2D eigenvalue weighted by Crippen LogP contribution is -2.28. The molecule has 0 spiro atoms. The number of rotatable bonds is 6. The molecule has 0 unspecified atom stereocenters. The molecule has 1 heterocycles. The van der Waals surface area contributed by atoms with Crippen LogP contribution in [0, 0.1) is 16.8 Å². The van der Waals surface area contributed by atoms with Crippen LogP contribution >= 0.6 is 23.6 Å². The van der Waals surface area contributed by atoms with E-state index >= 15 is 0 Å². The topological polar surface area (TPSA) is 65.1 Å². The van der Waals surface area contributed by atoms with E-state index in [1.165, 1.54) is 17.8 Å². The van der Waals surface area contributed by atoms with Crippen molar-refractivity contribution in [3.8, 4) is 0 Å². The van der Waals surface area contributed by atoms with E-state index in [-0.39, 0.29) is 12.0 Å². The number of carbonyl (C=O) groups is 1. The number of hydrogen-bond acceptors (Lipinski definition) is 4. The zero-order valence-corrected chi connectivity index (χ0v) is 14.1. The van der Waals surface area contributed by atoms with E-state index in [0.29, 0.717) is 18.9 Å². The first-order valence-electron chi connectivity index (χ1n) is 7.69. The minimum absolute atomic E-state index is 0.0487. The highest BCUT2D eigenvalue weighted by Crippen LogP contribution is 2.27. The van der Waals surface area contributed by atoms with Crippen molar-refractivity contribution in [1.82, 2.24) is 10.3 Å². The summed E-state index contributed by atoms with van der Waals surface area (Å²) in [6.45, 7) is 2.64. The zero-order valence-electron chi connectivity index (χ0n) is 12.5. The summed E-state index contributed by atoms with van der Waals surface area (Å²) in [5, 5.41) is 12.9. The summed E-state index contributed by atoms with van der Waals surface area (Å²) in [7, 11) is 0. The normalized spacial score (nSPS) is 22.2. The van der Waals surface area contributed by atoms with Gasteiger partial charge in [0, 0.05) is 17.1 Å². The molecule has 0 radical (unpaired) electrons. The summed E-state index contributed by atoms with van der Waals surface area (Å²) in [6, 6.07) is 0. The first kappa shape index (κ1) is 16.6. The smallest absolute Gasteiger partial charge is 0.225 e. The second-order valence-corrected chi connectivity index (χ2v) is 7.62. The van der Waals surface area contributed by atoms with Gasteiger partial charge in [-0.15, -0.1) is 11.3 Å². The molecule has 1 aromatic heterocycles. The highest BCUT2D eigenvalue weighted by molar-refractivity contribution is 7.73. The zero-order chi connectivity index (χ0) is 15.2. The van der Waals surface area contributed by atoms with Crippen LogP contribution < -0.4 is 5.32 Å². The van der Waals surface area contributed by atoms with Gasteiger partial charge in [-0.2, -0.15) is 0 Å². The predicted octanol–water partition coefficient (Wildman–Crippen LogP) is 3.10. The second-order valence-electron chi connectivity index (χ2n) is 5.84. The number of nitrogens with one attached hydrogen (secondary N) is 2. The van der Waals surface area contributed by atoms with Crippen molar-refractivity contribution in [2.45, 2.75) is 58.0 Å². The Morgan fingerprint density at radius 2 is 2.24 bits per heavy atom. The van der Waals surface area contributed by atoms with Gasteiger partial charge < -0.3 is 15.4 Å². The Bertz CT molecular complexity index is 524. The molecule has 0 saturated heterocycles. The molecule has 2 atom stereocenters. The summed E-state index contributed by atoms with van der Waals surface area (Å²) < 4.78 is 0.724. The summed E-state index contributed by atoms with van der Waals surface area (Å²) in [5.41, 5.74) is 0.991. The molecule has 1 aliphatic rings. The van der Waals surface area contributed by atoms with Gasteiger partial charge >= 0.3 is 0 Å². The first-order valence-corrected chi connectivity index (χ1v) is 8.92. The van der Waals surface area contributed by atoms with E-state index in [1.807, 2.05) is 6.92 Å². The maximum Gasteiger partial charge on any atom is 0.225 e. The van der Waals surface area contributed by atoms with Crippen molar-refractivity contribution in [3.05, 3.63) is 14.5 Å². The van der Waals surface area contributed by atoms with Crippen LogP contribution in [0.15, 0.2) is 0 Å². The number of amides is 1. The van der Waals surface area contributed by atoms with Crippen molar-refractivity contribution in [3.63, 3.8) is 0 Å². The van der Waals surface area contributed by atoms with E-state index in [9.17, 15) is 9.90 Å². The lowest BCUT2D eigenvalue weighted by molar-refractivity contribution is -0.120. The number of aliphatic hydroxyl groups is 1. The third-order valence-electron chi connectivity index (χ3n) is 4.19. The molecule has 21 heavy (non-hydrogen) atoms. The molecular weight excluding hydrogens is 304 g/mol. The minimum atomic E-state index is -0.135.